The molecular formula is C18H27N3O4. The molecule has 0 unspecified atom stereocenters. The third kappa shape index (κ3) is 6.03. The predicted molar refractivity (Wildman–Crippen MR) is 94.6 cm³/mol. The van der Waals surface area contributed by atoms with Crippen LogP contribution in [0.3, 0.4) is 0 Å². The zero-order valence-corrected chi connectivity index (χ0v) is 15.0. The number of nitrogens with zero attached hydrogens (tertiary/aromatic N) is 2. The second-order valence-electron chi connectivity index (χ2n) is 5.96. The van der Waals surface area contributed by atoms with Gasteiger partial charge >= 0.3 is 0 Å². The Kier molecular flexibility index (Phi) is 7.69. The topological polar surface area (TPSA) is 71.1 Å². The van der Waals surface area contributed by atoms with E-state index in [4.69, 9.17) is 9.47 Å². The number of carbonyl (C=O) groups excluding carboxylic acids is 2. The molecule has 0 bridgehead atoms. The van der Waals surface area contributed by atoms with Crippen LogP contribution in [-0.4, -0.2) is 81.7 Å². The highest BCUT2D eigenvalue weighted by Gasteiger charge is 2.23. The van der Waals surface area contributed by atoms with E-state index in [-0.39, 0.29) is 11.8 Å². The van der Waals surface area contributed by atoms with Gasteiger partial charge in [0.2, 0.25) is 11.8 Å². The molecule has 1 fully saturated rings. The zero-order valence-electron chi connectivity index (χ0n) is 15.0. The molecule has 1 N–H and O–H groups in total. The first-order valence-electron chi connectivity index (χ1n) is 8.52. The molecule has 1 aliphatic rings. The van der Waals surface area contributed by atoms with E-state index in [1.165, 1.54) is 0 Å². The van der Waals surface area contributed by atoms with Crippen molar-refractivity contribution in [1.82, 2.24) is 15.1 Å². The summed E-state index contributed by atoms with van der Waals surface area (Å²) in [5.41, 5.74) is 0.935. The van der Waals surface area contributed by atoms with Crippen molar-refractivity contribution in [2.75, 3.05) is 60.1 Å². The summed E-state index contributed by atoms with van der Waals surface area (Å²) in [5.74, 6) is 0.899. The summed E-state index contributed by atoms with van der Waals surface area (Å²) < 4.78 is 10.1. The maximum absolute atomic E-state index is 12.4. The number of nitrogens with one attached hydrogen (secondary N) is 1. The molecule has 0 spiro atoms. The van der Waals surface area contributed by atoms with E-state index >= 15 is 0 Å². The van der Waals surface area contributed by atoms with Gasteiger partial charge in [0.15, 0.2) is 0 Å². The molecule has 7 heteroatoms. The van der Waals surface area contributed by atoms with Crippen molar-refractivity contribution in [2.24, 2.45) is 0 Å². The van der Waals surface area contributed by atoms with Crippen molar-refractivity contribution < 1.29 is 19.1 Å². The van der Waals surface area contributed by atoms with E-state index in [9.17, 15) is 9.59 Å². The quantitative estimate of drug-likeness (QED) is 0.676. The molecule has 0 aliphatic carbocycles. The van der Waals surface area contributed by atoms with E-state index < -0.39 is 0 Å². The van der Waals surface area contributed by atoms with Crippen LogP contribution < -0.4 is 10.1 Å². The minimum absolute atomic E-state index is 0.0657. The van der Waals surface area contributed by atoms with Crippen LogP contribution in [0.15, 0.2) is 24.3 Å². The first kappa shape index (κ1) is 19.2. The lowest BCUT2D eigenvalue weighted by molar-refractivity contribution is -0.138. The van der Waals surface area contributed by atoms with Crippen LogP contribution in [0.2, 0.25) is 0 Å². The fourth-order valence-corrected chi connectivity index (χ4v) is 2.76. The maximum atomic E-state index is 12.4. The summed E-state index contributed by atoms with van der Waals surface area (Å²) >= 11 is 0. The van der Waals surface area contributed by atoms with Crippen molar-refractivity contribution in [3.05, 3.63) is 29.8 Å². The van der Waals surface area contributed by atoms with Gasteiger partial charge in [-0.3, -0.25) is 9.59 Å². The third-order valence-corrected chi connectivity index (χ3v) is 4.23. The van der Waals surface area contributed by atoms with E-state index in [2.05, 4.69) is 5.32 Å². The second kappa shape index (κ2) is 10.0. The number of rotatable bonds is 8. The first-order chi connectivity index (χ1) is 12.1. The number of amides is 2. The van der Waals surface area contributed by atoms with Gasteiger partial charge in [-0.2, -0.15) is 0 Å². The van der Waals surface area contributed by atoms with Gasteiger partial charge in [-0.15, -0.1) is 0 Å². The molecule has 1 heterocycles. The van der Waals surface area contributed by atoms with Gasteiger partial charge in [-0.05, 0) is 17.7 Å². The van der Waals surface area contributed by atoms with Crippen LogP contribution in [-0.2, 0) is 20.7 Å². The van der Waals surface area contributed by atoms with Crippen molar-refractivity contribution in [1.29, 1.82) is 0 Å². The molecule has 2 amide bonds. The third-order valence-electron chi connectivity index (χ3n) is 4.23. The van der Waals surface area contributed by atoms with Gasteiger partial charge in [-0.1, -0.05) is 12.1 Å². The van der Waals surface area contributed by atoms with E-state index in [0.717, 1.165) is 11.3 Å². The Bertz CT molecular complexity index is 571. The number of methoxy groups -OCH3 is 2. The normalized spacial score (nSPS) is 14.5. The highest BCUT2D eigenvalue weighted by molar-refractivity contribution is 5.80. The minimum atomic E-state index is 0.0657. The summed E-state index contributed by atoms with van der Waals surface area (Å²) in [4.78, 5) is 28.2. The fourth-order valence-electron chi connectivity index (χ4n) is 2.76. The van der Waals surface area contributed by atoms with Crippen LogP contribution >= 0.6 is 0 Å². The van der Waals surface area contributed by atoms with Crippen molar-refractivity contribution in [2.45, 2.75) is 6.42 Å². The molecule has 25 heavy (non-hydrogen) atoms. The molecule has 0 aromatic heterocycles. The Morgan fingerprint density at radius 3 is 2.40 bits per heavy atom. The number of ether oxygens (including phenoxy) is 2. The van der Waals surface area contributed by atoms with Crippen LogP contribution in [0.4, 0.5) is 0 Å². The van der Waals surface area contributed by atoms with Crippen molar-refractivity contribution >= 4 is 11.8 Å². The SMILES string of the molecule is COCCNCC(=O)N1CCN(C(=O)Cc2cccc(OC)c2)CC1. The van der Waals surface area contributed by atoms with Crippen molar-refractivity contribution in [3.8, 4) is 5.75 Å². The second-order valence-corrected chi connectivity index (χ2v) is 5.96. The first-order valence-corrected chi connectivity index (χ1v) is 8.52. The molecule has 1 saturated heterocycles. The monoisotopic (exact) mass is 349 g/mol. The largest absolute Gasteiger partial charge is 0.497 e. The molecule has 2 rings (SSSR count). The highest BCUT2D eigenvalue weighted by Crippen LogP contribution is 2.14. The molecule has 1 aromatic carbocycles. The summed E-state index contributed by atoms with van der Waals surface area (Å²) in [6.07, 6.45) is 0.351. The Labute approximate surface area is 148 Å². The molecule has 7 nitrogen and oxygen atoms in total. The standard InChI is InChI=1S/C18H27N3O4/c1-24-11-6-19-14-18(23)21-9-7-20(8-10-21)17(22)13-15-4-3-5-16(12-15)25-2/h3-5,12,19H,6-11,13-14H2,1-2H3. The molecule has 0 radical (unpaired) electrons. The Morgan fingerprint density at radius 1 is 1.08 bits per heavy atom. The number of hydrogen-bond donors (Lipinski definition) is 1. The minimum Gasteiger partial charge on any atom is -0.497 e. The Balaban J connectivity index is 1.75. The summed E-state index contributed by atoms with van der Waals surface area (Å²) in [6.45, 7) is 3.85. The van der Waals surface area contributed by atoms with E-state index in [1.807, 2.05) is 29.2 Å². The molecular weight excluding hydrogens is 322 g/mol. The van der Waals surface area contributed by atoms with Crippen LogP contribution in [0, 0.1) is 0 Å². The molecule has 1 aliphatic heterocycles. The van der Waals surface area contributed by atoms with Crippen LogP contribution in [0.25, 0.3) is 0 Å². The lowest BCUT2D eigenvalue weighted by Gasteiger charge is -2.35. The zero-order chi connectivity index (χ0) is 18.1. The molecule has 138 valence electrons. The van der Waals surface area contributed by atoms with E-state index in [1.54, 1.807) is 19.1 Å². The summed E-state index contributed by atoms with van der Waals surface area (Å²) in [5, 5.41) is 3.05. The molecule has 1 aromatic rings. The Hall–Kier alpha value is -2.12. The summed E-state index contributed by atoms with van der Waals surface area (Å²) in [6, 6.07) is 7.54. The Morgan fingerprint density at radius 2 is 1.76 bits per heavy atom. The van der Waals surface area contributed by atoms with Crippen LogP contribution in [0.5, 0.6) is 5.75 Å². The van der Waals surface area contributed by atoms with Gasteiger partial charge in [0.1, 0.15) is 5.75 Å². The van der Waals surface area contributed by atoms with Crippen molar-refractivity contribution in [3.63, 3.8) is 0 Å². The fraction of sp³-hybridized carbons (Fsp3) is 0.556. The van der Waals surface area contributed by atoms with Gasteiger partial charge in [-0.25, -0.2) is 0 Å². The maximum Gasteiger partial charge on any atom is 0.236 e. The van der Waals surface area contributed by atoms with Gasteiger partial charge < -0.3 is 24.6 Å². The van der Waals surface area contributed by atoms with Crippen LogP contribution in [0.1, 0.15) is 5.56 Å². The molecule has 0 atom stereocenters. The number of hydrogen-bond acceptors (Lipinski definition) is 5. The van der Waals surface area contributed by atoms with E-state index in [0.29, 0.717) is 52.3 Å². The van der Waals surface area contributed by atoms with Gasteiger partial charge in [0, 0.05) is 39.8 Å². The number of carbonyl (C=O) groups is 2. The molecule has 0 saturated carbocycles. The van der Waals surface area contributed by atoms with Gasteiger partial charge in [0.25, 0.3) is 0 Å². The smallest absolute Gasteiger partial charge is 0.236 e. The number of benzene rings is 1. The lowest BCUT2D eigenvalue weighted by atomic mass is 10.1. The van der Waals surface area contributed by atoms with Gasteiger partial charge in [0.05, 0.1) is 26.7 Å². The lowest BCUT2D eigenvalue weighted by Crippen LogP contribution is -2.52. The number of piperazine rings is 1. The summed E-state index contributed by atoms with van der Waals surface area (Å²) in [7, 11) is 3.24. The average Bonchev–Trinajstić information content (AvgIpc) is 2.65. The average molecular weight is 349 g/mol. The predicted octanol–water partition coefficient (Wildman–Crippen LogP) is 0.145. The highest BCUT2D eigenvalue weighted by atomic mass is 16.5.